The maximum atomic E-state index is 9.00. The number of rotatable bonds is 5. The minimum Gasteiger partial charge on any atom is -0.490 e. The highest BCUT2D eigenvalue weighted by atomic mass is 16.5. The van der Waals surface area contributed by atoms with E-state index < -0.39 is 6.10 Å². The van der Waals surface area contributed by atoms with E-state index in [-0.39, 0.29) is 6.61 Å². The van der Waals surface area contributed by atoms with Gasteiger partial charge in [-0.3, -0.25) is 0 Å². The summed E-state index contributed by atoms with van der Waals surface area (Å²) in [4.78, 5) is 0. The highest BCUT2D eigenvalue weighted by Gasteiger charge is 2.09. The fourth-order valence-corrected chi connectivity index (χ4v) is 1.23. The molecule has 1 aromatic carbocycles. The maximum Gasteiger partial charge on any atom is 0.181 e. The average molecular weight is 221 g/mol. The lowest BCUT2D eigenvalue weighted by molar-refractivity contribution is 0.247. The first kappa shape index (κ1) is 12.3. The molecular formula is C12H15NO3. The van der Waals surface area contributed by atoms with Gasteiger partial charge < -0.3 is 14.6 Å². The van der Waals surface area contributed by atoms with Crippen molar-refractivity contribution < 1.29 is 14.6 Å². The van der Waals surface area contributed by atoms with Crippen LogP contribution in [0.25, 0.3) is 0 Å². The number of aliphatic hydroxyl groups excluding tert-OH is 1. The molecule has 1 rings (SSSR count). The molecule has 0 aliphatic carbocycles. The van der Waals surface area contributed by atoms with Gasteiger partial charge in [0, 0.05) is 0 Å². The van der Waals surface area contributed by atoms with Crippen LogP contribution < -0.4 is 9.47 Å². The first-order valence-electron chi connectivity index (χ1n) is 5.14. The van der Waals surface area contributed by atoms with Crippen LogP contribution in [0.5, 0.6) is 11.5 Å². The number of hydrogen-bond acceptors (Lipinski definition) is 4. The molecule has 0 aliphatic heterocycles. The minimum absolute atomic E-state index is 0.0475. The summed E-state index contributed by atoms with van der Waals surface area (Å²) in [7, 11) is 0. The molecule has 0 saturated carbocycles. The Morgan fingerprint density at radius 3 is 2.75 bits per heavy atom. The molecule has 0 aliphatic rings. The molecule has 1 N–H and O–H groups in total. The van der Waals surface area contributed by atoms with E-state index in [0.29, 0.717) is 18.1 Å². The molecule has 16 heavy (non-hydrogen) atoms. The van der Waals surface area contributed by atoms with Crippen LogP contribution in [-0.4, -0.2) is 17.8 Å². The van der Waals surface area contributed by atoms with Crippen LogP contribution in [0.2, 0.25) is 0 Å². The molecule has 0 aromatic heterocycles. The van der Waals surface area contributed by atoms with Crippen molar-refractivity contribution in [2.75, 3.05) is 6.61 Å². The van der Waals surface area contributed by atoms with Crippen molar-refractivity contribution in [3.8, 4) is 17.6 Å². The third-order valence-corrected chi connectivity index (χ3v) is 1.98. The maximum absolute atomic E-state index is 9.00. The third-order valence-electron chi connectivity index (χ3n) is 1.98. The van der Waals surface area contributed by atoms with Crippen LogP contribution in [-0.2, 0) is 6.61 Å². The van der Waals surface area contributed by atoms with E-state index in [1.807, 2.05) is 13.0 Å². The molecule has 0 radical (unpaired) electrons. The molecule has 0 heterocycles. The lowest BCUT2D eigenvalue weighted by Gasteiger charge is -2.13. The van der Waals surface area contributed by atoms with E-state index in [4.69, 9.17) is 19.8 Å². The van der Waals surface area contributed by atoms with Gasteiger partial charge in [-0.1, -0.05) is 6.07 Å². The summed E-state index contributed by atoms with van der Waals surface area (Å²) in [5, 5.41) is 17.7. The highest BCUT2D eigenvalue weighted by molar-refractivity contribution is 5.43. The van der Waals surface area contributed by atoms with E-state index in [9.17, 15) is 0 Å². The predicted octanol–water partition coefficient (Wildman–Crippen LogP) is 1.87. The van der Waals surface area contributed by atoms with Crippen molar-refractivity contribution in [3.63, 3.8) is 0 Å². The Morgan fingerprint density at radius 2 is 2.19 bits per heavy atom. The fourth-order valence-electron chi connectivity index (χ4n) is 1.23. The molecule has 1 atom stereocenters. The summed E-state index contributed by atoms with van der Waals surface area (Å²) in [6.45, 7) is 3.99. The topological polar surface area (TPSA) is 62.5 Å². The molecular weight excluding hydrogens is 206 g/mol. The molecule has 0 saturated heterocycles. The molecule has 1 unspecified atom stereocenters. The molecule has 0 bridgehead atoms. The van der Waals surface area contributed by atoms with E-state index in [1.165, 1.54) is 0 Å². The largest absolute Gasteiger partial charge is 0.490 e. The molecule has 4 nitrogen and oxygen atoms in total. The Balaban J connectivity index is 2.94. The number of ether oxygens (including phenoxy) is 2. The summed E-state index contributed by atoms with van der Waals surface area (Å²) in [5.74, 6) is 1.07. The molecule has 0 spiro atoms. The second-order valence-electron chi connectivity index (χ2n) is 3.26. The summed E-state index contributed by atoms with van der Waals surface area (Å²) in [6.07, 6.45) is -0.529. The van der Waals surface area contributed by atoms with Crippen molar-refractivity contribution in [1.82, 2.24) is 0 Å². The Hall–Kier alpha value is -1.73. The van der Waals surface area contributed by atoms with Crippen LogP contribution >= 0.6 is 0 Å². The zero-order valence-corrected chi connectivity index (χ0v) is 9.43. The Bertz CT molecular complexity index is 384. The number of hydrogen-bond donors (Lipinski definition) is 1. The van der Waals surface area contributed by atoms with Gasteiger partial charge in [0.1, 0.15) is 6.07 Å². The zero-order valence-electron chi connectivity index (χ0n) is 9.43. The van der Waals surface area contributed by atoms with Crippen molar-refractivity contribution >= 4 is 0 Å². The third kappa shape index (κ3) is 3.14. The van der Waals surface area contributed by atoms with Gasteiger partial charge >= 0.3 is 0 Å². The summed E-state index contributed by atoms with van der Waals surface area (Å²) < 4.78 is 10.8. The van der Waals surface area contributed by atoms with Gasteiger partial charge in [-0.05, 0) is 31.5 Å². The first-order chi connectivity index (χ1) is 7.71. The molecule has 1 aromatic rings. The number of benzene rings is 1. The monoisotopic (exact) mass is 221 g/mol. The van der Waals surface area contributed by atoms with Gasteiger partial charge in [0.15, 0.2) is 17.6 Å². The van der Waals surface area contributed by atoms with Crippen molar-refractivity contribution in [1.29, 1.82) is 5.26 Å². The smallest absolute Gasteiger partial charge is 0.181 e. The normalized spacial score (nSPS) is 11.6. The Kier molecular flexibility index (Phi) is 4.62. The van der Waals surface area contributed by atoms with E-state index in [2.05, 4.69) is 0 Å². The van der Waals surface area contributed by atoms with E-state index in [0.717, 1.165) is 5.56 Å². The Labute approximate surface area is 95.0 Å². The van der Waals surface area contributed by atoms with Crippen LogP contribution in [0.15, 0.2) is 18.2 Å². The highest BCUT2D eigenvalue weighted by Crippen LogP contribution is 2.29. The Morgan fingerprint density at radius 1 is 1.44 bits per heavy atom. The predicted molar refractivity (Wildman–Crippen MR) is 59.2 cm³/mol. The van der Waals surface area contributed by atoms with Crippen molar-refractivity contribution in [2.24, 2.45) is 0 Å². The van der Waals surface area contributed by atoms with Gasteiger partial charge in [-0.25, -0.2) is 0 Å². The summed E-state index contributed by atoms with van der Waals surface area (Å²) in [6, 6.07) is 7.13. The van der Waals surface area contributed by atoms with E-state index in [1.54, 1.807) is 25.1 Å². The second kappa shape index (κ2) is 5.99. The SMILES string of the molecule is CCOc1cc(CO)ccc1OC(C)C#N. The van der Waals surface area contributed by atoms with Gasteiger partial charge in [0.05, 0.1) is 13.2 Å². The van der Waals surface area contributed by atoms with E-state index >= 15 is 0 Å². The van der Waals surface area contributed by atoms with Crippen LogP contribution in [0.4, 0.5) is 0 Å². The average Bonchev–Trinajstić information content (AvgIpc) is 2.31. The number of aliphatic hydroxyl groups is 1. The summed E-state index contributed by atoms with van der Waals surface area (Å²) >= 11 is 0. The number of nitrogens with zero attached hydrogens (tertiary/aromatic N) is 1. The zero-order chi connectivity index (χ0) is 12.0. The van der Waals surface area contributed by atoms with Gasteiger partial charge in [-0.15, -0.1) is 0 Å². The van der Waals surface area contributed by atoms with Crippen LogP contribution in [0.3, 0.4) is 0 Å². The lowest BCUT2D eigenvalue weighted by atomic mass is 10.2. The molecule has 4 heteroatoms. The summed E-state index contributed by atoms with van der Waals surface area (Å²) in [5.41, 5.74) is 0.750. The van der Waals surface area contributed by atoms with Crippen LogP contribution in [0, 0.1) is 11.3 Å². The lowest BCUT2D eigenvalue weighted by Crippen LogP contribution is -2.09. The van der Waals surface area contributed by atoms with Gasteiger partial charge in [0.25, 0.3) is 0 Å². The quantitative estimate of drug-likeness (QED) is 0.824. The molecule has 0 amide bonds. The van der Waals surface area contributed by atoms with Crippen molar-refractivity contribution in [2.45, 2.75) is 26.6 Å². The number of nitriles is 1. The standard InChI is InChI=1S/C12H15NO3/c1-3-15-12-6-10(8-14)4-5-11(12)16-9(2)7-13/h4-6,9,14H,3,8H2,1-2H3. The minimum atomic E-state index is -0.529. The van der Waals surface area contributed by atoms with Crippen LogP contribution in [0.1, 0.15) is 19.4 Å². The first-order valence-corrected chi connectivity index (χ1v) is 5.14. The molecule has 0 fully saturated rings. The molecule has 86 valence electrons. The second-order valence-corrected chi connectivity index (χ2v) is 3.26. The fraction of sp³-hybridized carbons (Fsp3) is 0.417. The van der Waals surface area contributed by atoms with Crippen molar-refractivity contribution in [3.05, 3.63) is 23.8 Å². The van der Waals surface area contributed by atoms with Gasteiger partial charge in [-0.2, -0.15) is 5.26 Å². The van der Waals surface area contributed by atoms with Gasteiger partial charge in [0.2, 0.25) is 0 Å².